The zero-order valence-corrected chi connectivity index (χ0v) is 18.9. The van der Waals surface area contributed by atoms with E-state index in [4.69, 9.17) is 9.16 Å². The fraction of sp³-hybridized carbons (Fsp3) is 0.478. The maximum Gasteiger partial charge on any atom is 0.195 e. The summed E-state index contributed by atoms with van der Waals surface area (Å²) in [5, 5.41) is 0.318. The Morgan fingerprint density at radius 3 is 2.21 bits per heavy atom. The van der Waals surface area contributed by atoms with Crippen LogP contribution in [0.5, 0.6) is 5.75 Å². The molecule has 2 aliphatic heterocycles. The molecule has 0 radical (unpaired) electrons. The summed E-state index contributed by atoms with van der Waals surface area (Å²) in [6.45, 7) is 10.5. The van der Waals surface area contributed by atoms with E-state index in [1.807, 2.05) is 30.3 Å². The molecule has 2 aromatic rings. The largest absolute Gasteiger partial charge is 0.497 e. The molecule has 29 heavy (non-hydrogen) atoms. The second-order valence-corrected chi connectivity index (χ2v) is 13.5. The van der Waals surface area contributed by atoms with Crippen LogP contribution in [-0.4, -0.2) is 41.6 Å². The van der Waals surface area contributed by atoms with Gasteiger partial charge in [-0.2, -0.15) is 0 Å². The first-order valence-corrected chi connectivity index (χ1v) is 13.0. The second-order valence-electron chi connectivity index (χ2n) is 9.00. The van der Waals surface area contributed by atoms with Crippen LogP contribution >= 0.6 is 0 Å². The Morgan fingerprint density at radius 2 is 1.62 bits per heavy atom. The van der Waals surface area contributed by atoms with Gasteiger partial charge in [0.25, 0.3) is 0 Å². The lowest BCUT2D eigenvalue weighted by Crippen LogP contribution is -2.46. The van der Waals surface area contributed by atoms with Crippen LogP contribution in [0.1, 0.15) is 19.4 Å². The van der Waals surface area contributed by atoms with Crippen molar-refractivity contribution in [1.29, 1.82) is 0 Å². The van der Waals surface area contributed by atoms with E-state index >= 15 is 4.39 Å². The van der Waals surface area contributed by atoms with Crippen LogP contribution in [0.2, 0.25) is 17.6 Å². The first-order valence-electron chi connectivity index (χ1n) is 10.4. The molecule has 156 valence electrons. The van der Waals surface area contributed by atoms with Crippen molar-refractivity contribution >= 4 is 19.7 Å². The number of rotatable bonds is 6. The van der Waals surface area contributed by atoms with E-state index in [1.54, 1.807) is 7.11 Å². The molecule has 1 atom stereocenters. The average molecular weight is 415 g/mol. The van der Waals surface area contributed by atoms with Crippen LogP contribution in [0.4, 0.5) is 15.8 Å². The highest BCUT2D eigenvalue weighted by Gasteiger charge is 2.62. The van der Waals surface area contributed by atoms with Gasteiger partial charge in [-0.05, 0) is 48.0 Å². The topological polar surface area (TPSA) is 24.9 Å². The average Bonchev–Trinajstić information content (AvgIpc) is 3.25. The van der Waals surface area contributed by atoms with E-state index in [-0.39, 0.29) is 5.82 Å². The minimum Gasteiger partial charge on any atom is -0.497 e. The number of ether oxygens (including phenoxy) is 1. The summed E-state index contributed by atoms with van der Waals surface area (Å²) < 4.78 is 26.7. The van der Waals surface area contributed by atoms with Crippen molar-refractivity contribution in [3.8, 4) is 5.75 Å². The summed E-state index contributed by atoms with van der Waals surface area (Å²) in [5.74, 6) is 0.737. The van der Waals surface area contributed by atoms with Crippen molar-refractivity contribution < 1.29 is 13.6 Å². The third-order valence-corrected chi connectivity index (χ3v) is 11.7. The maximum absolute atomic E-state index is 15.2. The summed E-state index contributed by atoms with van der Waals surface area (Å²) in [5.41, 5.74) is 2.55. The fourth-order valence-corrected chi connectivity index (χ4v) is 7.52. The van der Waals surface area contributed by atoms with Crippen molar-refractivity contribution in [2.24, 2.45) is 0 Å². The van der Waals surface area contributed by atoms with Crippen LogP contribution < -0.4 is 14.5 Å². The highest BCUT2D eigenvalue weighted by Crippen LogP contribution is 2.62. The number of nitrogens with zero attached hydrogens (tertiary/aromatic N) is 2. The first kappa shape index (κ1) is 20.2. The monoisotopic (exact) mass is 414 g/mol. The highest BCUT2D eigenvalue weighted by atomic mass is 28.4. The predicted molar refractivity (Wildman–Crippen MR) is 119 cm³/mol. The summed E-state index contributed by atoms with van der Waals surface area (Å²) in [6, 6.07) is 15.0. The number of anilines is 2. The van der Waals surface area contributed by atoms with Gasteiger partial charge in [0.15, 0.2) is 14.1 Å². The number of hydrogen-bond donors (Lipinski definition) is 0. The molecule has 6 heteroatoms. The van der Waals surface area contributed by atoms with E-state index in [0.717, 1.165) is 38.0 Å². The quantitative estimate of drug-likeness (QED) is 0.618. The summed E-state index contributed by atoms with van der Waals surface area (Å²) in [4.78, 5) is 4.49. The van der Waals surface area contributed by atoms with Crippen LogP contribution in [-0.2, 0) is 11.0 Å². The smallest absolute Gasteiger partial charge is 0.195 e. The molecule has 0 saturated carbocycles. The molecule has 0 aliphatic carbocycles. The zero-order valence-electron chi connectivity index (χ0n) is 17.9. The molecule has 0 spiro atoms. The van der Waals surface area contributed by atoms with Crippen LogP contribution in [0.3, 0.4) is 0 Å². The Labute approximate surface area is 174 Å². The standard InChI is InChI=1S/C23H31FN2O2Si/c1-23(2)17-29(23,4)28-16-18-6-5-7-21(22(18)24)26-14-12-25(13-15-26)19-8-10-20(27-3)11-9-19/h5-11H,12-17H2,1-4H3. The van der Waals surface area contributed by atoms with E-state index in [1.165, 1.54) is 5.69 Å². The SMILES string of the molecule is COc1ccc(N2CCN(c3cccc(CO[Si]4(C)CC4(C)C)c3F)CC2)cc1. The lowest BCUT2D eigenvalue weighted by molar-refractivity contribution is 0.297. The highest BCUT2D eigenvalue weighted by molar-refractivity contribution is 6.86. The van der Waals surface area contributed by atoms with Gasteiger partial charge in [0.1, 0.15) is 5.75 Å². The second kappa shape index (κ2) is 7.65. The number of hydrogen-bond acceptors (Lipinski definition) is 4. The predicted octanol–water partition coefficient (Wildman–Crippen LogP) is 5.05. The molecule has 0 bridgehead atoms. The van der Waals surface area contributed by atoms with E-state index < -0.39 is 8.32 Å². The lowest BCUT2D eigenvalue weighted by atomic mass is 10.1. The molecule has 2 aromatic carbocycles. The molecule has 4 rings (SSSR count). The molecule has 2 saturated heterocycles. The lowest BCUT2D eigenvalue weighted by Gasteiger charge is -2.37. The molecule has 4 nitrogen and oxygen atoms in total. The number of methoxy groups -OCH3 is 1. The van der Waals surface area contributed by atoms with Crippen molar-refractivity contribution in [2.45, 2.75) is 38.1 Å². The summed E-state index contributed by atoms with van der Waals surface area (Å²) in [7, 11) is 0.0292. The van der Waals surface area contributed by atoms with Gasteiger partial charge < -0.3 is 19.0 Å². The van der Waals surface area contributed by atoms with Gasteiger partial charge in [0, 0.05) is 37.4 Å². The van der Waals surface area contributed by atoms with Gasteiger partial charge in [-0.15, -0.1) is 0 Å². The first-order chi connectivity index (χ1) is 13.8. The third kappa shape index (κ3) is 4.01. The number of benzene rings is 2. The molecule has 2 fully saturated rings. The molecular weight excluding hydrogens is 383 g/mol. The normalized spacial score (nSPS) is 23.2. The van der Waals surface area contributed by atoms with Crippen molar-refractivity contribution in [3.05, 3.63) is 53.8 Å². The van der Waals surface area contributed by atoms with Crippen LogP contribution in [0.15, 0.2) is 42.5 Å². The zero-order chi connectivity index (χ0) is 20.6. The molecule has 0 aromatic heterocycles. The Bertz CT molecular complexity index is 866. The minimum absolute atomic E-state index is 0.124. The van der Waals surface area contributed by atoms with Gasteiger partial charge in [-0.25, -0.2) is 4.39 Å². The fourth-order valence-electron chi connectivity index (χ4n) is 4.20. The molecule has 1 unspecified atom stereocenters. The molecule has 2 aliphatic rings. The number of halogens is 1. The summed E-state index contributed by atoms with van der Waals surface area (Å²) >= 11 is 0. The van der Waals surface area contributed by atoms with Crippen LogP contribution in [0, 0.1) is 5.82 Å². The Kier molecular flexibility index (Phi) is 5.34. The number of piperazine rings is 1. The molecular formula is C23H31FN2O2Si. The molecule has 2 heterocycles. The van der Waals surface area contributed by atoms with Gasteiger partial charge in [0.2, 0.25) is 0 Å². The van der Waals surface area contributed by atoms with Crippen molar-refractivity contribution in [1.82, 2.24) is 0 Å². The van der Waals surface area contributed by atoms with E-state index in [0.29, 0.717) is 22.9 Å². The van der Waals surface area contributed by atoms with Crippen molar-refractivity contribution in [2.75, 3.05) is 43.1 Å². The summed E-state index contributed by atoms with van der Waals surface area (Å²) in [6.07, 6.45) is 0. The van der Waals surface area contributed by atoms with Gasteiger partial charge in [-0.3, -0.25) is 0 Å². The molecule has 0 N–H and O–H groups in total. The van der Waals surface area contributed by atoms with Gasteiger partial charge >= 0.3 is 0 Å². The van der Waals surface area contributed by atoms with Gasteiger partial charge in [-0.1, -0.05) is 26.0 Å². The van der Waals surface area contributed by atoms with E-state index in [9.17, 15) is 0 Å². The Morgan fingerprint density at radius 1 is 1.00 bits per heavy atom. The Hall–Kier alpha value is -2.05. The van der Waals surface area contributed by atoms with Gasteiger partial charge in [0.05, 0.1) is 19.4 Å². The Balaban J connectivity index is 1.39. The molecule has 0 amide bonds. The van der Waals surface area contributed by atoms with Crippen LogP contribution in [0.25, 0.3) is 0 Å². The minimum atomic E-state index is -1.65. The van der Waals surface area contributed by atoms with Crippen molar-refractivity contribution in [3.63, 3.8) is 0 Å². The maximum atomic E-state index is 15.2. The van der Waals surface area contributed by atoms with E-state index in [2.05, 4.69) is 42.3 Å². The third-order valence-electron chi connectivity index (χ3n) is 6.75.